The second-order valence-corrected chi connectivity index (χ2v) is 2.35. The number of nitrogens with one attached hydrogen (secondary N) is 1. The summed E-state index contributed by atoms with van der Waals surface area (Å²) < 4.78 is 0. The molecule has 4 nitrogen and oxygen atoms in total. The second-order valence-electron chi connectivity index (χ2n) is 1.99. The number of hydrogen-bond acceptors (Lipinski definition) is 4. The van der Waals surface area contributed by atoms with E-state index in [9.17, 15) is 0 Å². The fourth-order valence-electron chi connectivity index (χ4n) is 0.829. The molecule has 0 bridgehead atoms. The van der Waals surface area contributed by atoms with Crippen LogP contribution in [0.25, 0.3) is 0 Å². The van der Waals surface area contributed by atoms with Crippen molar-refractivity contribution < 1.29 is 0 Å². The number of nitrogen functional groups attached to an aromatic ring is 1. The maximum Gasteiger partial charge on any atom is 0.148 e. The summed E-state index contributed by atoms with van der Waals surface area (Å²) in [7, 11) is 0. The molecule has 0 spiro atoms. The van der Waals surface area contributed by atoms with Gasteiger partial charge in [-0.2, -0.15) is 0 Å². The Morgan fingerprint density at radius 1 is 1.64 bits per heavy atom. The molecular weight excluding hydrogens is 164 g/mol. The van der Waals surface area contributed by atoms with Crippen LogP contribution in [-0.2, 0) is 6.42 Å². The highest BCUT2D eigenvalue weighted by Gasteiger charge is 2.04. The predicted molar refractivity (Wildman–Crippen MR) is 44.2 cm³/mol. The van der Waals surface area contributed by atoms with Gasteiger partial charge in [-0.15, -0.1) is 0 Å². The van der Waals surface area contributed by atoms with Crippen molar-refractivity contribution in [3.05, 3.63) is 17.0 Å². The monoisotopic (exact) mass is 172 g/mol. The van der Waals surface area contributed by atoms with Gasteiger partial charge in [-0.25, -0.2) is 15.8 Å². The number of rotatable bonds is 2. The van der Waals surface area contributed by atoms with Crippen LogP contribution < -0.4 is 11.3 Å². The van der Waals surface area contributed by atoms with Crippen molar-refractivity contribution in [1.82, 2.24) is 9.97 Å². The molecule has 0 aromatic carbocycles. The van der Waals surface area contributed by atoms with Gasteiger partial charge in [0.1, 0.15) is 17.3 Å². The lowest BCUT2D eigenvalue weighted by atomic mass is 10.2. The molecule has 0 aliphatic heterocycles. The SMILES string of the molecule is CCc1c(Cl)ncnc1NN. The Balaban J connectivity index is 3.13. The van der Waals surface area contributed by atoms with Crippen LogP contribution in [0.2, 0.25) is 5.15 Å². The van der Waals surface area contributed by atoms with E-state index in [1.807, 2.05) is 6.92 Å². The zero-order chi connectivity index (χ0) is 8.27. The molecule has 0 saturated heterocycles. The van der Waals surface area contributed by atoms with Crippen LogP contribution in [0.3, 0.4) is 0 Å². The summed E-state index contributed by atoms with van der Waals surface area (Å²) in [4.78, 5) is 7.71. The van der Waals surface area contributed by atoms with Gasteiger partial charge < -0.3 is 5.43 Å². The summed E-state index contributed by atoms with van der Waals surface area (Å²) in [5.41, 5.74) is 3.30. The summed E-state index contributed by atoms with van der Waals surface area (Å²) in [6.45, 7) is 1.96. The number of aromatic nitrogens is 2. The molecule has 0 saturated carbocycles. The highest BCUT2D eigenvalue weighted by atomic mass is 35.5. The first kappa shape index (κ1) is 8.23. The normalized spacial score (nSPS) is 9.73. The standard InChI is InChI=1S/C6H9ClN4/c1-2-4-5(7)9-3-10-6(4)11-8/h3H,2,8H2,1H3,(H,9,10,11). The van der Waals surface area contributed by atoms with E-state index in [1.54, 1.807) is 0 Å². The maximum atomic E-state index is 5.76. The van der Waals surface area contributed by atoms with Gasteiger partial charge in [0.2, 0.25) is 0 Å². The molecule has 1 aromatic rings. The molecule has 11 heavy (non-hydrogen) atoms. The predicted octanol–water partition coefficient (Wildman–Crippen LogP) is 0.978. The highest BCUT2D eigenvalue weighted by Crippen LogP contribution is 2.18. The van der Waals surface area contributed by atoms with E-state index in [0.717, 1.165) is 12.0 Å². The van der Waals surface area contributed by atoms with Crippen LogP contribution in [0.5, 0.6) is 0 Å². The molecule has 0 aliphatic rings. The first-order valence-corrected chi connectivity index (χ1v) is 3.63. The van der Waals surface area contributed by atoms with Gasteiger partial charge in [0.15, 0.2) is 0 Å². The fraction of sp³-hybridized carbons (Fsp3) is 0.333. The number of anilines is 1. The van der Waals surface area contributed by atoms with Crippen molar-refractivity contribution >= 4 is 17.4 Å². The van der Waals surface area contributed by atoms with E-state index >= 15 is 0 Å². The van der Waals surface area contributed by atoms with Crippen molar-refractivity contribution in [3.8, 4) is 0 Å². The molecule has 5 heteroatoms. The molecule has 0 fully saturated rings. The molecule has 0 aliphatic carbocycles. The van der Waals surface area contributed by atoms with E-state index in [-0.39, 0.29) is 0 Å². The molecule has 1 aromatic heterocycles. The van der Waals surface area contributed by atoms with E-state index in [2.05, 4.69) is 15.4 Å². The van der Waals surface area contributed by atoms with Crippen molar-refractivity contribution in [2.75, 3.05) is 5.43 Å². The third-order valence-electron chi connectivity index (χ3n) is 1.38. The smallest absolute Gasteiger partial charge is 0.148 e. The quantitative estimate of drug-likeness (QED) is 0.397. The van der Waals surface area contributed by atoms with Gasteiger partial charge in [0.05, 0.1) is 0 Å². The van der Waals surface area contributed by atoms with E-state index in [4.69, 9.17) is 17.4 Å². The number of hydrazine groups is 1. The van der Waals surface area contributed by atoms with Gasteiger partial charge in [0, 0.05) is 5.56 Å². The van der Waals surface area contributed by atoms with Gasteiger partial charge in [-0.3, -0.25) is 0 Å². The number of nitrogens with two attached hydrogens (primary N) is 1. The zero-order valence-electron chi connectivity index (χ0n) is 6.13. The Labute approximate surface area is 69.8 Å². The molecule has 0 radical (unpaired) electrons. The van der Waals surface area contributed by atoms with Crippen LogP contribution in [0.1, 0.15) is 12.5 Å². The Hall–Kier alpha value is -0.870. The fourth-order valence-corrected chi connectivity index (χ4v) is 1.10. The van der Waals surface area contributed by atoms with Crippen LogP contribution in [0.4, 0.5) is 5.82 Å². The number of nitrogens with zero attached hydrogens (tertiary/aromatic N) is 2. The highest BCUT2D eigenvalue weighted by molar-refractivity contribution is 6.30. The minimum absolute atomic E-state index is 0.454. The Morgan fingerprint density at radius 2 is 2.36 bits per heavy atom. The zero-order valence-corrected chi connectivity index (χ0v) is 6.89. The average Bonchev–Trinajstić information content (AvgIpc) is 2.04. The molecular formula is C6H9ClN4. The third kappa shape index (κ3) is 1.58. The minimum atomic E-state index is 0.454. The Kier molecular flexibility index (Phi) is 2.62. The van der Waals surface area contributed by atoms with Crippen LogP contribution >= 0.6 is 11.6 Å². The molecule has 1 rings (SSSR count). The topological polar surface area (TPSA) is 63.8 Å². The van der Waals surface area contributed by atoms with Crippen molar-refractivity contribution in [1.29, 1.82) is 0 Å². The average molecular weight is 173 g/mol. The number of hydrogen-bond donors (Lipinski definition) is 2. The number of halogens is 1. The molecule has 0 atom stereocenters. The second kappa shape index (κ2) is 3.50. The Bertz CT molecular complexity index is 250. The van der Waals surface area contributed by atoms with Crippen molar-refractivity contribution in [3.63, 3.8) is 0 Å². The van der Waals surface area contributed by atoms with E-state index in [0.29, 0.717) is 11.0 Å². The van der Waals surface area contributed by atoms with Crippen molar-refractivity contribution in [2.45, 2.75) is 13.3 Å². The van der Waals surface area contributed by atoms with E-state index in [1.165, 1.54) is 6.33 Å². The largest absolute Gasteiger partial charge is 0.308 e. The molecule has 0 unspecified atom stereocenters. The summed E-state index contributed by atoms with van der Waals surface area (Å²) >= 11 is 5.76. The lowest BCUT2D eigenvalue weighted by Crippen LogP contribution is -2.11. The first-order chi connectivity index (χ1) is 5.29. The summed E-state index contributed by atoms with van der Waals surface area (Å²) in [5, 5.41) is 0.454. The summed E-state index contributed by atoms with van der Waals surface area (Å²) in [5.74, 6) is 5.79. The van der Waals surface area contributed by atoms with Crippen LogP contribution in [-0.4, -0.2) is 9.97 Å². The summed E-state index contributed by atoms with van der Waals surface area (Å²) in [6.07, 6.45) is 2.13. The third-order valence-corrected chi connectivity index (χ3v) is 1.71. The molecule has 0 amide bonds. The van der Waals surface area contributed by atoms with Gasteiger partial charge in [-0.05, 0) is 6.42 Å². The van der Waals surface area contributed by atoms with Gasteiger partial charge >= 0.3 is 0 Å². The lowest BCUT2D eigenvalue weighted by molar-refractivity contribution is 1.03. The van der Waals surface area contributed by atoms with E-state index < -0.39 is 0 Å². The van der Waals surface area contributed by atoms with Crippen molar-refractivity contribution in [2.24, 2.45) is 5.84 Å². The molecule has 1 heterocycles. The molecule has 60 valence electrons. The maximum absolute atomic E-state index is 5.76. The summed E-state index contributed by atoms with van der Waals surface area (Å²) in [6, 6.07) is 0. The van der Waals surface area contributed by atoms with Crippen LogP contribution in [0, 0.1) is 0 Å². The van der Waals surface area contributed by atoms with Gasteiger partial charge in [0.25, 0.3) is 0 Å². The van der Waals surface area contributed by atoms with Crippen LogP contribution in [0.15, 0.2) is 6.33 Å². The van der Waals surface area contributed by atoms with Gasteiger partial charge in [-0.1, -0.05) is 18.5 Å². The molecule has 3 N–H and O–H groups in total. The minimum Gasteiger partial charge on any atom is -0.308 e. The lowest BCUT2D eigenvalue weighted by Gasteiger charge is -2.04. The first-order valence-electron chi connectivity index (χ1n) is 3.25. The Morgan fingerprint density at radius 3 is 2.82 bits per heavy atom.